The molecular weight excluding hydrogens is 424 g/mol. The first-order valence-corrected chi connectivity index (χ1v) is 11.5. The van der Waals surface area contributed by atoms with Gasteiger partial charge in [-0.3, -0.25) is 4.79 Å². The van der Waals surface area contributed by atoms with E-state index in [1.165, 1.54) is 22.2 Å². The zero-order valence-corrected chi connectivity index (χ0v) is 18.9. The van der Waals surface area contributed by atoms with Crippen molar-refractivity contribution in [2.45, 2.75) is 41.3 Å². The highest BCUT2D eigenvalue weighted by Gasteiger charge is 2.22. The lowest BCUT2D eigenvalue weighted by atomic mass is 10.2. The van der Waals surface area contributed by atoms with Crippen molar-refractivity contribution in [1.82, 2.24) is 14.8 Å². The molecule has 5 nitrogen and oxygen atoms in total. The minimum atomic E-state index is -0.269. The maximum atomic E-state index is 12.7. The Labute approximate surface area is 184 Å². The molecule has 1 unspecified atom stereocenters. The summed E-state index contributed by atoms with van der Waals surface area (Å²) in [5.74, 6) is 1.53. The number of benzene rings is 2. The molecule has 0 aliphatic heterocycles. The monoisotopic (exact) mass is 446 g/mol. The third kappa shape index (κ3) is 6.01. The summed E-state index contributed by atoms with van der Waals surface area (Å²) in [4.78, 5) is 13.9. The molecule has 0 radical (unpaired) electrons. The first kappa shape index (κ1) is 21.7. The second kappa shape index (κ2) is 10.2. The van der Waals surface area contributed by atoms with E-state index < -0.39 is 0 Å². The Morgan fingerprint density at radius 1 is 1.21 bits per heavy atom. The SMILES string of the molecule is CCC(Sc1nnc(CSc2ccc(C)cc2)n1C)C(=O)Nc1cccc(Cl)c1. The zero-order valence-electron chi connectivity index (χ0n) is 16.6. The summed E-state index contributed by atoms with van der Waals surface area (Å²) in [5, 5.41) is 12.6. The lowest BCUT2D eigenvalue weighted by Gasteiger charge is -2.14. The minimum absolute atomic E-state index is 0.0710. The fourth-order valence-corrected chi connectivity index (χ4v) is 4.60. The van der Waals surface area contributed by atoms with Gasteiger partial charge in [-0.2, -0.15) is 0 Å². The molecule has 0 spiro atoms. The average Bonchev–Trinajstić information content (AvgIpc) is 3.05. The molecule has 0 bridgehead atoms. The van der Waals surface area contributed by atoms with Gasteiger partial charge in [0, 0.05) is 22.7 Å². The van der Waals surface area contributed by atoms with E-state index >= 15 is 0 Å². The fraction of sp³-hybridized carbons (Fsp3) is 0.286. The van der Waals surface area contributed by atoms with E-state index in [9.17, 15) is 4.79 Å². The van der Waals surface area contributed by atoms with Gasteiger partial charge in [0.2, 0.25) is 5.91 Å². The highest BCUT2D eigenvalue weighted by molar-refractivity contribution is 8.00. The van der Waals surface area contributed by atoms with Crippen molar-refractivity contribution in [2.75, 3.05) is 5.32 Å². The van der Waals surface area contributed by atoms with E-state index in [1.807, 2.05) is 30.7 Å². The van der Waals surface area contributed by atoms with Gasteiger partial charge in [-0.15, -0.1) is 22.0 Å². The first-order chi connectivity index (χ1) is 14.0. The van der Waals surface area contributed by atoms with E-state index in [0.29, 0.717) is 17.1 Å². The van der Waals surface area contributed by atoms with Gasteiger partial charge in [-0.05, 0) is 43.7 Å². The molecular formula is C21H23ClN4OS2. The van der Waals surface area contributed by atoms with Gasteiger partial charge in [-0.25, -0.2) is 0 Å². The Bertz CT molecular complexity index is 975. The molecule has 0 saturated carbocycles. The molecule has 152 valence electrons. The number of hydrogen-bond donors (Lipinski definition) is 1. The van der Waals surface area contributed by atoms with Gasteiger partial charge >= 0.3 is 0 Å². The summed E-state index contributed by atoms with van der Waals surface area (Å²) in [6.45, 7) is 4.06. The van der Waals surface area contributed by atoms with Gasteiger partial charge in [0.25, 0.3) is 0 Å². The Balaban J connectivity index is 1.62. The topological polar surface area (TPSA) is 59.8 Å². The number of aryl methyl sites for hydroxylation is 1. The lowest BCUT2D eigenvalue weighted by molar-refractivity contribution is -0.115. The molecule has 0 fully saturated rings. The summed E-state index contributed by atoms with van der Waals surface area (Å²) >= 11 is 9.14. The molecule has 2 aromatic carbocycles. The summed E-state index contributed by atoms with van der Waals surface area (Å²) in [6, 6.07) is 15.6. The number of nitrogens with one attached hydrogen (secondary N) is 1. The van der Waals surface area contributed by atoms with Crippen LogP contribution in [0.4, 0.5) is 5.69 Å². The van der Waals surface area contributed by atoms with Crippen LogP contribution >= 0.6 is 35.1 Å². The largest absolute Gasteiger partial charge is 0.325 e. The predicted octanol–water partition coefficient (Wildman–Crippen LogP) is 5.58. The number of nitrogens with zero attached hydrogens (tertiary/aromatic N) is 3. The van der Waals surface area contributed by atoms with Crippen LogP contribution in [-0.2, 0) is 17.6 Å². The normalized spacial score (nSPS) is 12.0. The van der Waals surface area contributed by atoms with Gasteiger partial charge < -0.3 is 9.88 Å². The highest BCUT2D eigenvalue weighted by Crippen LogP contribution is 2.28. The minimum Gasteiger partial charge on any atom is -0.325 e. The van der Waals surface area contributed by atoms with E-state index in [-0.39, 0.29) is 11.2 Å². The van der Waals surface area contributed by atoms with Crippen LogP contribution in [0.5, 0.6) is 0 Å². The maximum absolute atomic E-state index is 12.7. The predicted molar refractivity (Wildman–Crippen MR) is 122 cm³/mol. The third-order valence-corrected chi connectivity index (χ3v) is 6.96. The standard InChI is InChI=1S/C21H23ClN4OS2/c1-4-18(20(27)23-16-7-5-6-15(22)12-16)29-21-25-24-19(26(21)3)13-28-17-10-8-14(2)9-11-17/h5-12,18H,4,13H2,1-3H3,(H,23,27). The second-order valence-electron chi connectivity index (χ2n) is 6.57. The molecule has 1 aromatic heterocycles. The van der Waals surface area contributed by atoms with Gasteiger partial charge in [0.05, 0.1) is 11.0 Å². The van der Waals surface area contributed by atoms with Crippen LogP contribution in [0.15, 0.2) is 58.6 Å². The lowest BCUT2D eigenvalue weighted by Crippen LogP contribution is -2.25. The Hall–Kier alpha value is -1.96. The summed E-state index contributed by atoms with van der Waals surface area (Å²) in [5.41, 5.74) is 1.93. The van der Waals surface area contributed by atoms with E-state index in [0.717, 1.165) is 16.7 Å². The molecule has 0 saturated heterocycles. The van der Waals surface area contributed by atoms with Crippen molar-refractivity contribution in [3.05, 3.63) is 64.9 Å². The van der Waals surface area contributed by atoms with Crippen LogP contribution < -0.4 is 5.32 Å². The van der Waals surface area contributed by atoms with Crippen molar-refractivity contribution in [2.24, 2.45) is 7.05 Å². The number of halogens is 1. The second-order valence-corrected chi connectivity index (χ2v) is 9.23. The molecule has 1 N–H and O–H groups in total. The number of anilines is 1. The molecule has 3 aromatic rings. The molecule has 0 aliphatic rings. The zero-order chi connectivity index (χ0) is 20.8. The molecule has 29 heavy (non-hydrogen) atoms. The number of carbonyl (C=O) groups is 1. The van der Waals surface area contributed by atoms with E-state index in [4.69, 9.17) is 11.6 Å². The van der Waals surface area contributed by atoms with Crippen LogP contribution in [0.3, 0.4) is 0 Å². The molecule has 1 amide bonds. The maximum Gasteiger partial charge on any atom is 0.237 e. The number of rotatable bonds is 8. The summed E-state index contributed by atoms with van der Waals surface area (Å²) < 4.78 is 1.96. The number of amides is 1. The van der Waals surface area contributed by atoms with Gasteiger partial charge in [0.1, 0.15) is 5.82 Å². The molecule has 8 heteroatoms. The Kier molecular flexibility index (Phi) is 7.64. The number of aromatic nitrogens is 3. The van der Waals surface area contributed by atoms with Crippen molar-refractivity contribution < 1.29 is 4.79 Å². The van der Waals surface area contributed by atoms with Crippen LogP contribution in [0.25, 0.3) is 0 Å². The molecule has 1 heterocycles. The van der Waals surface area contributed by atoms with E-state index in [2.05, 4.69) is 46.7 Å². The van der Waals surface area contributed by atoms with Crippen molar-refractivity contribution in [3.8, 4) is 0 Å². The third-order valence-electron chi connectivity index (χ3n) is 4.32. The van der Waals surface area contributed by atoms with Gasteiger partial charge in [0.15, 0.2) is 5.16 Å². The van der Waals surface area contributed by atoms with Crippen LogP contribution in [0.1, 0.15) is 24.7 Å². The van der Waals surface area contributed by atoms with Crippen molar-refractivity contribution in [1.29, 1.82) is 0 Å². The molecule has 3 rings (SSSR count). The smallest absolute Gasteiger partial charge is 0.237 e. The quantitative estimate of drug-likeness (QED) is 0.458. The number of carbonyl (C=O) groups excluding carboxylic acids is 1. The highest BCUT2D eigenvalue weighted by atomic mass is 35.5. The Morgan fingerprint density at radius 2 is 1.97 bits per heavy atom. The summed E-state index contributed by atoms with van der Waals surface area (Å²) in [7, 11) is 1.94. The number of hydrogen-bond acceptors (Lipinski definition) is 5. The Morgan fingerprint density at radius 3 is 2.66 bits per heavy atom. The molecule has 0 aliphatic carbocycles. The van der Waals surface area contributed by atoms with Crippen LogP contribution in [0.2, 0.25) is 5.02 Å². The average molecular weight is 447 g/mol. The van der Waals surface area contributed by atoms with Crippen LogP contribution in [-0.4, -0.2) is 25.9 Å². The fourth-order valence-electron chi connectivity index (χ4n) is 2.59. The van der Waals surface area contributed by atoms with Crippen molar-refractivity contribution >= 4 is 46.7 Å². The van der Waals surface area contributed by atoms with Crippen LogP contribution in [0, 0.1) is 6.92 Å². The first-order valence-electron chi connectivity index (χ1n) is 9.27. The summed E-state index contributed by atoms with van der Waals surface area (Å²) in [6.07, 6.45) is 0.678. The number of thioether (sulfide) groups is 2. The van der Waals surface area contributed by atoms with E-state index in [1.54, 1.807) is 23.9 Å². The van der Waals surface area contributed by atoms with Crippen molar-refractivity contribution in [3.63, 3.8) is 0 Å². The van der Waals surface area contributed by atoms with Gasteiger partial charge in [-0.1, -0.05) is 54.0 Å². The molecule has 1 atom stereocenters.